The molecule has 2 amide bonds. The molecule has 5 N–H and O–H groups in total. The van der Waals surface area contributed by atoms with E-state index >= 15 is 0 Å². The van der Waals surface area contributed by atoms with Crippen molar-refractivity contribution in [3.63, 3.8) is 0 Å². The molecule has 0 aromatic heterocycles. The van der Waals surface area contributed by atoms with Crippen LogP contribution in [0, 0.1) is 5.92 Å². The van der Waals surface area contributed by atoms with Crippen LogP contribution >= 0.6 is 0 Å². The number of hydrogen-bond donors (Lipinski definition) is 4. The van der Waals surface area contributed by atoms with Gasteiger partial charge in [0, 0.05) is 6.54 Å². The summed E-state index contributed by atoms with van der Waals surface area (Å²) in [7, 11) is 0. The quantitative estimate of drug-likeness (QED) is 0.430. The molecule has 0 unspecified atom stereocenters. The van der Waals surface area contributed by atoms with E-state index in [0.717, 1.165) is 5.56 Å². The minimum atomic E-state index is -0.755. The van der Waals surface area contributed by atoms with Crippen LogP contribution in [0.25, 0.3) is 0 Å². The van der Waals surface area contributed by atoms with Crippen molar-refractivity contribution in [2.45, 2.75) is 13.3 Å². The predicted octanol–water partition coefficient (Wildman–Crippen LogP) is -0.164. The summed E-state index contributed by atoms with van der Waals surface area (Å²) < 4.78 is 0. The second-order valence-corrected chi connectivity index (χ2v) is 3.82. The first kappa shape index (κ1) is 13.8. The Morgan fingerprint density at radius 1 is 1.28 bits per heavy atom. The van der Waals surface area contributed by atoms with Gasteiger partial charge in [0.05, 0.1) is 0 Å². The molecule has 0 fully saturated rings. The summed E-state index contributed by atoms with van der Waals surface area (Å²) in [5, 5.41) is 20.9. The van der Waals surface area contributed by atoms with Crippen molar-refractivity contribution >= 4 is 11.8 Å². The van der Waals surface area contributed by atoms with Gasteiger partial charge in [0.2, 0.25) is 11.8 Å². The van der Waals surface area contributed by atoms with Crippen LogP contribution in [0.2, 0.25) is 0 Å². The Bertz CT molecular complexity index is 459. The maximum atomic E-state index is 11.4. The van der Waals surface area contributed by atoms with Crippen LogP contribution in [-0.2, 0) is 16.0 Å². The van der Waals surface area contributed by atoms with E-state index in [1.807, 2.05) is 0 Å². The molecule has 0 spiro atoms. The van der Waals surface area contributed by atoms with Crippen molar-refractivity contribution < 1.29 is 19.8 Å². The first-order valence-corrected chi connectivity index (χ1v) is 5.34. The Kier molecular flexibility index (Phi) is 4.53. The van der Waals surface area contributed by atoms with Gasteiger partial charge in [-0.3, -0.25) is 9.59 Å². The zero-order chi connectivity index (χ0) is 13.7. The van der Waals surface area contributed by atoms with Gasteiger partial charge in [0.1, 0.15) is 5.92 Å². The van der Waals surface area contributed by atoms with E-state index in [2.05, 4.69) is 5.32 Å². The first-order valence-electron chi connectivity index (χ1n) is 5.34. The fourth-order valence-corrected chi connectivity index (χ4v) is 1.29. The summed E-state index contributed by atoms with van der Waals surface area (Å²) >= 11 is 0. The molecule has 0 aliphatic heterocycles. The molecular weight excluding hydrogens is 236 g/mol. The summed E-state index contributed by atoms with van der Waals surface area (Å²) in [5.74, 6) is -1.72. The topological polar surface area (TPSA) is 113 Å². The number of benzene rings is 1. The highest BCUT2D eigenvalue weighted by molar-refractivity contribution is 6.13. The number of carbonyl (C=O) groups excluding carboxylic acids is 2. The highest BCUT2D eigenvalue weighted by Gasteiger charge is 2.18. The number of aromatic hydroxyl groups is 2. The van der Waals surface area contributed by atoms with Gasteiger partial charge in [-0.15, -0.1) is 0 Å². The monoisotopic (exact) mass is 251 g/mol. The molecule has 0 saturated heterocycles. The largest absolute Gasteiger partial charge is 0.504 e. The highest BCUT2D eigenvalue weighted by Crippen LogP contribution is 2.24. The first-order chi connectivity index (χ1) is 8.41. The highest BCUT2D eigenvalue weighted by atomic mass is 16.3. The van der Waals surface area contributed by atoms with E-state index < -0.39 is 11.8 Å². The lowest BCUT2D eigenvalue weighted by atomic mass is 10.1. The van der Waals surface area contributed by atoms with E-state index in [0.29, 0.717) is 13.0 Å². The SMILES string of the molecule is C[C](C(N)=O)C(=O)NCCc1ccc(O)c(O)c1. The number of phenolic OH excluding ortho intramolecular Hbond substituents is 2. The second-order valence-electron chi connectivity index (χ2n) is 3.82. The lowest BCUT2D eigenvalue weighted by molar-refractivity contribution is -0.124. The number of rotatable bonds is 5. The van der Waals surface area contributed by atoms with Crippen molar-refractivity contribution in [1.82, 2.24) is 5.32 Å². The van der Waals surface area contributed by atoms with Crippen molar-refractivity contribution in [2.24, 2.45) is 5.73 Å². The third kappa shape index (κ3) is 3.65. The molecule has 6 nitrogen and oxygen atoms in total. The third-order valence-electron chi connectivity index (χ3n) is 2.45. The fourth-order valence-electron chi connectivity index (χ4n) is 1.29. The molecule has 1 rings (SSSR count). The second kappa shape index (κ2) is 5.90. The Hall–Kier alpha value is -2.24. The smallest absolute Gasteiger partial charge is 0.237 e. The number of amides is 2. The molecule has 0 aliphatic carbocycles. The van der Waals surface area contributed by atoms with Crippen LogP contribution in [0.1, 0.15) is 12.5 Å². The van der Waals surface area contributed by atoms with Gasteiger partial charge in [0.15, 0.2) is 11.5 Å². The normalized spacial score (nSPS) is 10.3. The number of carbonyl (C=O) groups is 2. The summed E-state index contributed by atoms with van der Waals surface area (Å²) in [6, 6.07) is 4.41. The van der Waals surface area contributed by atoms with Crippen LogP contribution in [0.3, 0.4) is 0 Å². The van der Waals surface area contributed by atoms with Crippen LogP contribution in [-0.4, -0.2) is 28.6 Å². The molecule has 0 atom stereocenters. The number of phenols is 2. The Morgan fingerprint density at radius 2 is 1.94 bits per heavy atom. The standard InChI is InChI=1S/C12H15N2O4/c1-7(11(13)17)12(18)14-5-4-8-2-3-9(15)10(16)6-8/h2-3,6,15-16H,4-5H2,1H3,(H2,13,17)(H,14,18). The zero-order valence-electron chi connectivity index (χ0n) is 9.93. The van der Waals surface area contributed by atoms with Gasteiger partial charge in [0.25, 0.3) is 0 Å². The maximum absolute atomic E-state index is 11.4. The van der Waals surface area contributed by atoms with Gasteiger partial charge in [-0.25, -0.2) is 0 Å². The third-order valence-corrected chi connectivity index (χ3v) is 2.45. The fraction of sp³-hybridized carbons (Fsp3) is 0.250. The van der Waals surface area contributed by atoms with Gasteiger partial charge < -0.3 is 21.3 Å². The Labute approximate surface area is 104 Å². The van der Waals surface area contributed by atoms with Gasteiger partial charge in [-0.1, -0.05) is 6.07 Å². The Balaban J connectivity index is 2.44. The molecule has 0 saturated carbocycles. The molecule has 97 valence electrons. The van der Waals surface area contributed by atoms with E-state index in [4.69, 9.17) is 10.8 Å². The minimum absolute atomic E-state index is 0.0523. The van der Waals surface area contributed by atoms with E-state index in [9.17, 15) is 14.7 Å². The zero-order valence-corrected chi connectivity index (χ0v) is 9.93. The van der Waals surface area contributed by atoms with Crippen molar-refractivity contribution in [2.75, 3.05) is 6.54 Å². The predicted molar refractivity (Wildman–Crippen MR) is 64.6 cm³/mol. The summed E-state index contributed by atoms with van der Waals surface area (Å²) in [6.07, 6.45) is 0.464. The van der Waals surface area contributed by atoms with Crippen molar-refractivity contribution in [3.8, 4) is 11.5 Å². The van der Waals surface area contributed by atoms with Crippen LogP contribution in [0.5, 0.6) is 11.5 Å². The lowest BCUT2D eigenvalue weighted by Gasteiger charge is -2.08. The van der Waals surface area contributed by atoms with Crippen LogP contribution < -0.4 is 11.1 Å². The molecule has 0 heterocycles. The Morgan fingerprint density at radius 3 is 2.50 bits per heavy atom. The maximum Gasteiger partial charge on any atom is 0.237 e. The minimum Gasteiger partial charge on any atom is -0.504 e. The molecule has 0 bridgehead atoms. The summed E-state index contributed by atoms with van der Waals surface area (Å²) in [6.45, 7) is 1.65. The molecule has 18 heavy (non-hydrogen) atoms. The van der Waals surface area contributed by atoms with E-state index in [1.165, 1.54) is 19.1 Å². The molecular formula is C12H15N2O4. The van der Waals surface area contributed by atoms with E-state index in [1.54, 1.807) is 6.07 Å². The summed E-state index contributed by atoms with van der Waals surface area (Å²) in [5.41, 5.74) is 5.71. The van der Waals surface area contributed by atoms with Gasteiger partial charge in [-0.05, 0) is 31.0 Å². The molecule has 0 aliphatic rings. The van der Waals surface area contributed by atoms with Crippen LogP contribution in [0.15, 0.2) is 18.2 Å². The van der Waals surface area contributed by atoms with Gasteiger partial charge in [-0.2, -0.15) is 0 Å². The number of nitrogens with two attached hydrogens (primary N) is 1. The molecule has 1 aromatic carbocycles. The number of nitrogens with one attached hydrogen (secondary N) is 1. The molecule has 1 radical (unpaired) electrons. The van der Waals surface area contributed by atoms with Crippen molar-refractivity contribution in [1.29, 1.82) is 0 Å². The number of hydrogen-bond acceptors (Lipinski definition) is 4. The molecule has 1 aromatic rings. The van der Waals surface area contributed by atoms with Gasteiger partial charge >= 0.3 is 0 Å². The lowest BCUT2D eigenvalue weighted by Crippen LogP contribution is -2.36. The van der Waals surface area contributed by atoms with Crippen molar-refractivity contribution in [3.05, 3.63) is 29.7 Å². The average molecular weight is 251 g/mol. The molecule has 6 heteroatoms. The number of primary amides is 1. The average Bonchev–Trinajstić information content (AvgIpc) is 2.32. The van der Waals surface area contributed by atoms with E-state index in [-0.39, 0.29) is 17.4 Å². The summed E-state index contributed by atoms with van der Waals surface area (Å²) in [4.78, 5) is 22.1. The van der Waals surface area contributed by atoms with Crippen LogP contribution in [0.4, 0.5) is 0 Å².